The number of nitrogens with one attached hydrogen (secondary N) is 2. The minimum absolute atomic E-state index is 0.227. The highest BCUT2D eigenvalue weighted by molar-refractivity contribution is 9.10. The standard InChI is InChI=1S/C18H17BrN6/c19-17-16-6-2-4-10-25(16)24-18(17)23-15(13(11-20)12-21)8-7-14-5-1-3-9-22-14/h1,3,5,7-9,11,20H,2,4,6,10H2,(H,23,24)/b8-7+,15-13+,20-11?. The third-order valence-electron chi connectivity index (χ3n) is 3.94. The third kappa shape index (κ3) is 3.86. The Hall–Kier alpha value is -2.72. The van der Waals surface area contributed by atoms with Crippen LogP contribution < -0.4 is 5.32 Å². The number of nitrogens with zero attached hydrogens (tertiary/aromatic N) is 4. The summed E-state index contributed by atoms with van der Waals surface area (Å²) in [5.41, 5.74) is 2.67. The van der Waals surface area contributed by atoms with Crippen LogP contribution in [0.2, 0.25) is 0 Å². The van der Waals surface area contributed by atoms with Gasteiger partial charge in [0.1, 0.15) is 6.07 Å². The van der Waals surface area contributed by atoms with Crippen molar-refractivity contribution in [2.45, 2.75) is 25.8 Å². The van der Waals surface area contributed by atoms with E-state index in [-0.39, 0.29) is 5.57 Å². The van der Waals surface area contributed by atoms with Crippen LogP contribution in [-0.4, -0.2) is 21.0 Å². The van der Waals surface area contributed by atoms with E-state index in [1.54, 1.807) is 18.3 Å². The van der Waals surface area contributed by atoms with Gasteiger partial charge in [0.05, 0.1) is 27.1 Å². The van der Waals surface area contributed by atoms with Crippen molar-refractivity contribution in [3.63, 3.8) is 0 Å². The molecule has 0 spiro atoms. The second-order valence-electron chi connectivity index (χ2n) is 5.59. The molecule has 0 fully saturated rings. The fourth-order valence-corrected chi connectivity index (χ4v) is 3.25. The lowest BCUT2D eigenvalue weighted by Gasteiger charge is -2.12. The Morgan fingerprint density at radius 2 is 2.28 bits per heavy atom. The molecule has 0 atom stereocenters. The molecule has 1 aliphatic heterocycles. The normalized spacial score (nSPS) is 14.6. The maximum atomic E-state index is 9.32. The number of fused-ring (bicyclic) bond motifs is 1. The van der Waals surface area contributed by atoms with E-state index < -0.39 is 0 Å². The van der Waals surface area contributed by atoms with Crippen molar-refractivity contribution in [3.05, 3.63) is 57.6 Å². The predicted octanol–water partition coefficient (Wildman–Crippen LogP) is 3.93. The van der Waals surface area contributed by atoms with Crippen LogP contribution in [0.15, 0.2) is 46.2 Å². The summed E-state index contributed by atoms with van der Waals surface area (Å²) < 4.78 is 2.91. The van der Waals surface area contributed by atoms with Gasteiger partial charge in [0.15, 0.2) is 5.82 Å². The van der Waals surface area contributed by atoms with E-state index in [1.165, 1.54) is 0 Å². The van der Waals surface area contributed by atoms with E-state index in [1.807, 2.05) is 29.0 Å². The highest BCUT2D eigenvalue weighted by Gasteiger charge is 2.19. The summed E-state index contributed by atoms with van der Waals surface area (Å²) in [7, 11) is 0. The third-order valence-corrected chi connectivity index (χ3v) is 4.78. The van der Waals surface area contributed by atoms with E-state index in [2.05, 4.69) is 31.3 Å². The van der Waals surface area contributed by atoms with E-state index in [0.717, 1.165) is 47.9 Å². The summed E-state index contributed by atoms with van der Waals surface area (Å²) in [6.07, 6.45) is 9.54. The second-order valence-corrected chi connectivity index (χ2v) is 6.38. The van der Waals surface area contributed by atoms with Gasteiger partial charge in [0, 0.05) is 19.0 Å². The molecule has 25 heavy (non-hydrogen) atoms. The van der Waals surface area contributed by atoms with Crippen molar-refractivity contribution >= 4 is 34.0 Å². The Balaban J connectivity index is 1.93. The number of rotatable bonds is 5. The highest BCUT2D eigenvalue weighted by atomic mass is 79.9. The zero-order valence-corrected chi connectivity index (χ0v) is 15.1. The Morgan fingerprint density at radius 1 is 1.40 bits per heavy atom. The number of anilines is 1. The lowest BCUT2D eigenvalue weighted by molar-refractivity contribution is 0.486. The number of hydrogen-bond donors (Lipinski definition) is 2. The molecular weight excluding hydrogens is 380 g/mol. The Kier molecular flexibility index (Phi) is 5.41. The fraction of sp³-hybridized carbons (Fsp3) is 0.222. The molecule has 3 rings (SSSR count). The number of aryl methyl sites for hydroxylation is 1. The van der Waals surface area contributed by atoms with Crippen LogP contribution in [0.1, 0.15) is 24.2 Å². The number of aromatic nitrogens is 3. The lowest BCUT2D eigenvalue weighted by Crippen LogP contribution is -2.11. The lowest BCUT2D eigenvalue weighted by atomic mass is 10.1. The van der Waals surface area contributed by atoms with Gasteiger partial charge in [-0.2, -0.15) is 10.4 Å². The van der Waals surface area contributed by atoms with Gasteiger partial charge >= 0.3 is 0 Å². The van der Waals surface area contributed by atoms with Gasteiger partial charge in [-0.3, -0.25) is 9.67 Å². The molecule has 0 saturated heterocycles. The summed E-state index contributed by atoms with van der Waals surface area (Å²) in [4.78, 5) is 4.23. The summed E-state index contributed by atoms with van der Waals surface area (Å²) in [6.45, 7) is 0.897. The molecule has 0 radical (unpaired) electrons. The molecule has 0 saturated carbocycles. The molecule has 0 aliphatic carbocycles. The minimum Gasteiger partial charge on any atom is -0.337 e. The molecule has 7 heteroatoms. The van der Waals surface area contributed by atoms with Crippen molar-refractivity contribution in [2.75, 3.05) is 5.32 Å². The summed E-state index contributed by atoms with van der Waals surface area (Å²) in [5.74, 6) is 0.659. The fourth-order valence-electron chi connectivity index (χ4n) is 2.67. The zero-order chi connectivity index (χ0) is 17.6. The van der Waals surface area contributed by atoms with Gasteiger partial charge in [-0.05, 0) is 59.5 Å². The number of halogens is 1. The molecule has 0 bridgehead atoms. The predicted molar refractivity (Wildman–Crippen MR) is 101 cm³/mol. The molecule has 0 amide bonds. The van der Waals surface area contributed by atoms with Crippen LogP contribution in [0.4, 0.5) is 5.82 Å². The maximum Gasteiger partial charge on any atom is 0.167 e. The monoisotopic (exact) mass is 396 g/mol. The Bertz CT molecular complexity index is 873. The van der Waals surface area contributed by atoms with Crippen molar-refractivity contribution < 1.29 is 0 Å². The van der Waals surface area contributed by atoms with E-state index >= 15 is 0 Å². The van der Waals surface area contributed by atoms with Crippen LogP contribution in [0.3, 0.4) is 0 Å². The van der Waals surface area contributed by atoms with Crippen LogP contribution in [0.25, 0.3) is 6.08 Å². The Labute approximate surface area is 154 Å². The SMILES string of the molecule is N#C/C(C=N)=C(\C=C\c1ccccn1)Nc1nn2c(c1Br)CCCC2. The molecule has 2 aromatic heterocycles. The van der Waals surface area contributed by atoms with E-state index in [9.17, 15) is 5.26 Å². The first-order chi connectivity index (χ1) is 12.2. The molecule has 126 valence electrons. The van der Waals surface area contributed by atoms with Crippen molar-refractivity contribution in [3.8, 4) is 6.07 Å². The van der Waals surface area contributed by atoms with E-state index in [4.69, 9.17) is 5.41 Å². The van der Waals surface area contributed by atoms with Gasteiger partial charge in [0.25, 0.3) is 0 Å². The van der Waals surface area contributed by atoms with Gasteiger partial charge in [-0.25, -0.2) is 0 Å². The number of hydrogen-bond acceptors (Lipinski definition) is 5. The number of allylic oxidation sites excluding steroid dienone is 2. The first-order valence-corrected chi connectivity index (χ1v) is 8.78. The average molecular weight is 397 g/mol. The molecule has 0 unspecified atom stereocenters. The maximum absolute atomic E-state index is 9.32. The van der Waals surface area contributed by atoms with Crippen molar-refractivity contribution in [2.24, 2.45) is 0 Å². The highest BCUT2D eigenvalue weighted by Crippen LogP contribution is 2.31. The van der Waals surface area contributed by atoms with Gasteiger partial charge in [-0.1, -0.05) is 6.07 Å². The smallest absolute Gasteiger partial charge is 0.167 e. The van der Waals surface area contributed by atoms with Gasteiger partial charge in [-0.15, -0.1) is 0 Å². The summed E-state index contributed by atoms with van der Waals surface area (Å²) in [6, 6.07) is 7.65. The summed E-state index contributed by atoms with van der Waals surface area (Å²) >= 11 is 3.61. The molecule has 3 heterocycles. The molecule has 0 aromatic carbocycles. The van der Waals surface area contributed by atoms with Crippen molar-refractivity contribution in [1.29, 1.82) is 10.7 Å². The zero-order valence-electron chi connectivity index (χ0n) is 13.5. The van der Waals surface area contributed by atoms with Gasteiger partial charge < -0.3 is 10.7 Å². The summed E-state index contributed by atoms with van der Waals surface area (Å²) in [5, 5.41) is 24.6. The molecule has 2 N–H and O–H groups in total. The average Bonchev–Trinajstić information content (AvgIpc) is 2.97. The molecular formula is C18H17BrN6. The number of nitriles is 1. The first-order valence-electron chi connectivity index (χ1n) is 7.99. The molecule has 1 aliphatic rings. The first kappa shape index (κ1) is 17.1. The van der Waals surface area contributed by atoms with Crippen LogP contribution in [0, 0.1) is 16.7 Å². The quantitative estimate of drug-likeness (QED) is 0.455. The van der Waals surface area contributed by atoms with Crippen LogP contribution in [-0.2, 0) is 13.0 Å². The van der Waals surface area contributed by atoms with Crippen molar-refractivity contribution in [1.82, 2.24) is 14.8 Å². The largest absolute Gasteiger partial charge is 0.337 e. The van der Waals surface area contributed by atoms with E-state index in [0.29, 0.717) is 11.5 Å². The number of pyridine rings is 1. The molecule has 6 nitrogen and oxygen atoms in total. The Morgan fingerprint density at radius 3 is 2.96 bits per heavy atom. The van der Waals surface area contributed by atoms with Gasteiger partial charge in [0.2, 0.25) is 0 Å². The topological polar surface area (TPSA) is 90.4 Å². The second kappa shape index (κ2) is 7.90. The molecule has 2 aromatic rings. The minimum atomic E-state index is 0.227. The van der Waals surface area contributed by atoms with Crippen LogP contribution in [0.5, 0.6) is 0 Å². The van der Waals surface area contributed by atoms with Crippen LogP contribution >= 0.6 is 15.9 Å².